The average molecular weight is 495 g/mol. The molecule has 1 aliphatic heterocycles. The maximum Gasteiger partial charge on any atom is 0.286 e. The first-order chi connectivity index (χ1) is 16.4. The van der Waals surface area contributed by atoms with Gasteiger partial charge in [0.25, 0.3) is 5.91 Å². The third-order valence-electron chi connectivity index (χ3n) is 6.67. The molecular formula is C24H34N2O7S. The molecule has 188 valence electrons. The van der Waals surface area contributed by atoms with Crippen LogP contribution in [-0.2, 0) is 24.3 Å². The number of ether oxygens (including phenoxy) is 3. The Morgan fingerprint density at radius 3 is 2.50 bits per heavy atom. The summed E-state index contributed by atoms with van der Waals surface area (Å²) in [7, 11) is -2.31. The molecule has 2 saturated carbocycles. The van der Waals surface area contributed by atoms with Gasteiger partial charge in [0.05, 0.1) is 25.2 Å². The minimum Gasteiger partial charge on any atom is -0.497 e. The number of carbonyl (C=O) groups excluding carboxylic acids is 1. The van der Waals surface area contributed by atoms with Gasteiger partial charge in [-0.2, -0.15) is 4.31 Å². The quantitative estimate of drug-likeness (QED) is 0.457. The molecule has 3 aliphatic rings. The summed E-state index contributed by atoms with van der Waals surface area (Å²) in [5.41, 5.74) is 0. The molecule has 34 heavy (non-hydrogen) atoms. The van der Waals surface area contributed by atoms with Crippen molar-refractivity contribution in [3.63, 3.8) is 0 Å². The Bertz CT molecular complexity index is 972. The molecule has 9 nitrogen and oxygen atoms in total. The lowest BCUT2D eigenvalue weighted by atomic mass is 9.92. The number of sulfonamides is 1. The average Bonchev–Trinajstić information content (AvgIpc) is 3.66. The zero-order valence-electron chi connectivity index (χ0n) is 19.5. The van der Waals surface area contributed by atoms with E-state index in [0.717, 1.165) is 32.1 Å². The molecule has 0 unspecified atom stereocenters. The molecule has 1 amide bonds. The minimum atomic E-state index is -3.82. The van der Waals surface area contributed by atoms with Crippen molar-refractivity contribution in [2.24, 2.45) is 11.8 Å². The van der Waals surface area contributed by atoms with Crippen molar-refractivity contribution >= 4 is 15.9 Å². The molecule has 2 N–H and O–H groups in total. The lowest BCUT2D eigenvalue weighted by molar-refractivity contribution is -0.150. The van der Waals surface area contributed by atoms with E-state index < -0.39 is 16.3 Å². The number of benzene rings is 1. The maximum atomic E-state index is 13.1. The largest absolute Gasteiger partial charge is 0.497 e. The van der Waals surface area contributed by atoms with Crippen LogP contribution in [0.3, 0.4) is 0 Å². The van der Waals surface area contributed by atoms with Crippen LogP contribution < -0.4 is 10.1 Å². The Balaban J connectivity index is 1.35. The van der Waals surface area contributed by atoms with Gasteiger partial charge in [-0.1, -0.05) is 0 Å². The summed E-state index contributed by atoms with van der Waals surface area (Å²) in [5, 5.41) is 12.4. The van der Waals surface area contributed by atoms with E-state index in [4.69, 9.17) is 14.2 Å². The number of allylic oxidation sites excluding steroid dienone is 1. The summed E-state index contributed by atoms with van der Waals surface area (Å²) < 4.78 is 44.2. The maximum absolute atomic E-state index is 13.1. The van der Waals surface area contributed by atoms with E-state index in [0.29, 0.717) is 23.8 Å². The van der Waals surface area contributed by atoms with Crippen molar-refractivity contribution in [1.29, 1.82) is 0 Å². The Labute approximate surface area is 201 Å². The lowest BCUT2D eigenvalue weighted by Crippen LogP contribution is -2.42. The summed E-state index contributed by atoms with van der Waals surface area (Å²) in [6.45, 7) is -0.235. The number of amides is 1. The van der Waals surface area contributed by atoms with Gasteiger partial charge in [-0.05, 0) is 74.3 Å². The highest BCUT2D eigenvalue weighted by atomic mass is 32.2. The number of aliphatic hydroxyl groups is 1. The second-order valence-electron chi connectivity index (χ2n) is 9.09. The second-order valence-corrected chi connectivity index (χ2v) is 11.0. The van der Waals surface area contributed by atoms with Gasteiger partial charge in [-0.15, -0.1) is 0 Å². The van der Waals surface area contributed by atoms with Crippen molar-refractivity contribution < 1.29 is 32.5 Å². The zero-order valence-corrected chi connectivity index (χ0v) is 20.3. The van der Waals surface area contributed by atoms with Gasteiger partial charge in [0.1, 0.15) is 5.75 Å². The van der Waals surface area contributed by atoms with Crippen LogP contribution >= 0.6 is 0 Å². The van der Waals surface area contributed by atoms with E-state index in [9.17, 15) is 18.3 Å². The first-order valence-electron chi connectivity index (χ1n) is 12.0. The Morgan fingerprint density at radius 1 is 1.18 bits per heavy atom. The van der Waals surface area contributed by atoms with Gasteiger partial charge >= 0.3 is 0 Å². The number of hydrogen-bond acceptors (Lipinski definition) is 7. The van der Waals surface area contributed by atoms with Crippen molar-refractivity contribution in [1.82, 2.24) is 9.62 Å². The van der Waals surface area contributed by atoms with E-state index in [-0.39, 0.29) is 49.1 Å². The fourth-order valence-corrected chi connectivity index (χ4v) is 5.67. The molecule has 1 heterocycles. The minimum absolute atomic E-state index is 0.0518. The molecule has 1 aromatic carbocycles. The number of aliphatic hydroxyl groups excluding tert-OH is 1. The number of nitrogens with one attached hydrogen (secondary N) is 1. The first-order valence-corrected chi connectivity index (χ1v) is 13.4. The molecule has 2 aliphatic carbocycles. The van der Waals surface area contributed by atoms with Crippen LogP contribution in [0.4, 0.5) is 0 Å². The number of hydrogen-bond donors (Lipinski definition) is 2. The van der Waals surface area contributed by atoms with Crippen molar-refractivity contribution in [3.05, 3.63) is 36.1 Å². The fraction of sp³-hybridized carbons (Fsp3) is 0.625. The first kappa shape index (κ1) is 25.0. The highest BCUT2D eigenvalue weighted by molar-refractivity contribution is 7.89. The highest BCUT2D eigenvalue weighted by Crippen LogP contribution is 2.42. The van der Waals surface area contributed by atoms with E-state index in [2.05, 4.69) is 5.32 Å². The monoisotopic (exact) mass is 494 g/mol. The standard InChI is InChI=1S/C24H34N2O7S/c1-31-20-7-9-21(10-8-20)34(29,30)26(11-13-27)12-14-32-23-16-18(17-5-6-17)15-22(33-23)24(28)25-19-3-2-4-19/h7-10,15,17-19,23,27H,2-6,11-14,16H2,1H3,(H,25,28)/t18-,23+/m1/s1. The summed E-state index contributed by atoms with van der Waals surface area (Å²) in [6.07, 6.45) is 7.34. The summed E-state index contributed by atoms with van der Waals surface area (Å²) in [4.78, 5) is 12.8. The predicted molar refractivity (Wildman–Crippen MR) is 124 cm³/mol. The molecule has 0 spiro atoms. The van der Waals surface area contributed by atoms with Gasteiger partial charge in [-0.3, -0.25) is 4.79 Å². The van der Waals surface area contributed by atoms with Crippen LogP contribution in [0.2, 0.25) is 0 Å². The van der Waals surface area contributed by atoms with Gasteiger partial charge in [0, 0.05) is 25.6 Å². The molecule has 2 atom stereocenters. The van der Waals surface area contributed by atoms with E-state index in [1.165, 1.54) is 23.5 Å². The second kappa shape index (κ2) is 11.1. The molecule has 0 radical (unpaired) electrons. The third kappa shape index (κ3) is 6.10. The molecule has 10 heteroatoms. The summed E-state index contributed by atoms with van der Waals surface area (Å²) >= 11 is 0. The Morgan fingerprint density at radius 2 is 1.91 bits per heavy atom. The van der Waals surface area contributed by atoms with Crippen LogP contribution in [0.25, 0.3) is 0 Å². The van der Waals surface area contributed by atoms with E-state index in [1.54, 1.807) is 12.1 Å². The van der Waals surface area contributed by atoms with Crippen LogP contribution in [-0.4, -0.2) is 69.5 Å². The topological polar surface area (TPSA) is 114 Å². The smallest absolute Gasteiger partial charge is 0.286 e. The van der Waals surface area contributed by atoms with Gasteiger partial charge in [-0.25, -0.2) is 8.42 Å². The Hall–Kier alpha value is -2.14. The van der Waals surface area contributed by atoms with Crippen molar-refractivity contribution in [3.8, 4) is 5.75 Å². The number of methoxy groups -OCH3 is 1. The van der Waals surface area contributed by atoms with E-state index >= 15 is 0 Å². The summed E-state index contributed by atoms with van der Waals surface area (Å²) in [6, 6.07) is 6.32. The molecule has 4 rings (SSSR count). The molecule has 1 aromatic rings. The van der Waals surface area contributed by atoms with Crippen LogP contribution in [0.1, 0.15) is 38.5 Å². The van der Waals surface area contributed by atoms with Crippen LogP contribution in [0.15, 0.2) is 41.0 Å². The predicted octanol–water partition coefficient (Wildman–Crippen LogP) is 2.02. The number of carbonyl (C=O) groups is 1. The molecular weight excluding hydrogens is 460 g/mol. The SMILES string of the molecule is COc1ccc(S(=O)(=O)N(CCO)CCO[C@@H]2C[C@H](C3CC3)C=C(C(=O)NC3CCC3)O2)cc1. The van der Waals surface area contributed by atoms with Gasteiger partial charge in [0.2, 0.25) is 16.3 Å². The van der Waals surface area contributed by atoms with Crippen LogP contribution in [0, 0.1) is 11.8 Å². The number of nitrogens with zero attached hydrogens (tertiary/aromatic N) is 1. The fourth-order valence-electron chi connectivity index (χ4n) is 4.25. The number of rotatable bonds is 12. The van der Waals surface area contributed by atoms with Crippen molar-refractivity contribution in [2.75, 3.05) is 33.4 Å². The Kier molecular flexibility index (Phi) is 8.13. The lowest BCUT2D eigenvalue weighted by Gasteiger charge is -2.32. The third-order valence-corrected chi connectivity index (χ3v) is 8.58. The molecule has 2 fully saturated rings. The molecule has 0 aromatic heterocycles. The zero-order chi connectivity index (χ0) is 24.1. The molecule has 0 saturated heterocycles. The van der Waals surface area contributed by atoms with Crippen LogP contribution in [0.5, 0.6) is 5.75 Å². The summed E-state index contributed by atoms with van der Waals surface area (Å²) in [5.74, 6) is 1.42. The normalized spacial score (nSPS) is 23.1. The van der Waals surface area contributed by atoms with Gasteiger partial charge < -0.3 is 24.6 Å². The van der Waals surface area contributed by atoms with E-state index in [1.807, 2.05) is 6.08 Å². The van der Waals surface area contributed by atoms with Gasteiger partial charge in [0.15, 0.2) is 5.76 Å². The molecule has 0 bridgehead atoms. The highest BCUT2D eigenvalue weighted by Gasteiger charge is 2.37. The van der Waals surface area contributed by atoms with Crippen molar-refractivity contribution in [2.45, 2.75) is 55.8 Å².